The summed E-state index contributed by atoms with van der Waals surface area (Å²) in [5.41, 5.74) is 11.8. The van der Waals surface area contributed by atoms with Crippen molar-refractivity contribution < 1.29 is 46.8 Å². The van der Waals surface area contributed by atoms with Crippen LogP contribution in [-0.2, 0) is 35.7 Å². The lowest BCUT2D eigenvalue weighted by Crippen LogP contribution is -2.28. The van der Waals surface area contributed by atoms with Crippen molar-refractivity contribution in [1.29, 1.82) is 0 Å². The summed E-state index contributed by atoms with van der Waals surface area (Å²) < 4.78 is 69.3. The summed E-state index contributed by atoms with van der Waals surface area (Å²) in [6.07, 6.45) is 5.74. The van der Waals surface area contributed by atoms with Crippen LogP contribution in [0.4, 0.5) is 29.2 Å². The van der Waals surface area contributed by atoms with E-state index in [0.29, 0.717) is 11.1 Å². The first kappa shape index (κ1) is 54.3. The predicted octanol–water partition coefficient (Wildman–Crippen LogP) is 4.40. The molecule has 20 nitrogen and oxygen atoms in total. The van der Waals surface area contributed by atoms with E-state index >= 15 is 0 Å². The van der Waals surface area contributed by atoms with Crippen molar-refractivity contribution in [3.63, 3.8) is 0 Å². The first-order chi connectivity index (χ1) is 33.5. The van der Waals surface area contributed by atoms with Crippen molar-refractivity contribution >= 4 is 23.5 Å². The lowest BCUT2D eigenvalue weighted by Gasteiger charge is -2.18. The molecule has 0 fully saturated rings. The van der Waals surface area contributed by atoms with Gasteiger partial charge in [-0.1, -0.05) is 27.0 Å². The van der Waals surface area contributed by atoms with E-state index in [1.54, 1.807) is 12.4 Å². The number of aliphatic hydroxyl groups is 2. The highest BCUT2D eigenvalue weighted by molar-refractivity contribution is 5.97. The third-order valence-electron chi connectivity index (χ3n) is 10.3. The summed E-state index contributed by atoms with van der Waals surface area (Å²) in [4.78, 5) is 67.5. The molecule has 6 heterocycles. The van der Waals surface area contributed by atoms with Crippen molar-refractivity contribution in [2.75, 3.05) is 11.5 Å². The molecule has 72 heavy (non-hydrogen) atoms. The SMILES string of the molecule is C.C.CC(O)Cn1cc(-c2nc(C(=O)NCc3c(F)cccc3F)c(N)nc2C2NC=CO2)ccc1=O.CC(O)Cn1cc(-c2nc(C(=O)NCc3c(F)cccc3F)c(N)nc2C2NC=CO2)ccc1=O. The van der Waals surface area contributed by atoms with Crippen molar-refractivity contribution in [2.45, 2.75) is 79.5 Å². The number of rotatable bonds is 14. The van der Waals surface area contributed by atoms with Gasteiger partial charge < -0.3 is 61.6 Å². The predicted molar refractivity (Wildman–Crippen MR) is 256 cm³/mol. The number of carbonyl (C=O) groups excluding carboxylic acids is 2. The number of aliphatic hydroxyl groups excluding tert-OH is 2. The molecule has 4 unspecified atom stereocenters. The average Bonchev–Trinajstić information content (AvgIpc) is 4.06. The van der Waals surface area contributed by atoms with Gasteiger partial charge in [-0.2, -0.15) is 0 Å². The second-order valence-electron chi connectivity index (χ2n) is 15.6. The molecule has 0 saturated carbocycles. The largest absolute Gasteiger partial charge is 0.471 e. The number of halogens is 4. The van der Waals surface area contributed by atoms with Gasteiger partial charge in [-0.15, -0.1) is 0 Å². The minimum absolute atomic E-state index is 0. The molecule has 0 spiro atoms. The maximum Gasteiger partial charge on any atom is 0.274 e. The molecular formula is C48H52F4N12O8. The Balaban J connectivity index is 0.000000260. The number of hydrogen-bond acceptors (Lipinski definition) is 16. The Morgan fingerprint density at radius 3 is 1.32 bits per heavy atom. The standard InChI is InChI=1S/2C23H22F2N6O4.2CH4/c2*1-12(32)10-31-11-13(5-6-17(31)33)18-19(23-27-7-8-35-23)30-21(26)20(29-18)22(34)28-9-14-15(24)3-2-4-16(14)25;;/h2*2-8,11-12,23,27,32H,9-10H2,1H3,(H2,26,30)(H,28,34);2*1H4. The van der Waals surface area contributed by atoms with Gasteiger partial charge in [0, 0.05) is 72.3 Å². The molecule has 2 amide bonds. The summed E-state index contributed by atoms with van der Waals surface area (Å²) in [6.45, 7) is 2.27. The third kappa shape index (κ3) is 12.6. The fourth-order valence-corrected chi connectivity index (χ4v) is 7.01. The van der Waals surface area contributed by atoms with Gasteiger partial charge in [-0.25, -0.2) is 37.5 Å². The summed E-state index contributed by atoms with van der Waals surface area (Å²) >= 11 is 0. The first-order valence-corrected chi connectivity index (χ1v) is 21.2. The number of benzene rings is 2. The Morgan fingerprint density at radius 1 is 0.639 bits per heavy atom. The minimum atomic E-state index is -0.808. The molecule has 2 aliphatic heterocycles. The number of pyridine rings is 2. The molecule has 4 aromatic heterocycles. The van der Waals surface area contributed by atoms with Crippen LogP contribution in [0, 0.1) is 23.3 Å². The molecule has 8 rings (SSSR count). The zero-order valence-electron chi connectivity index (χ0n) is 37.1. The monoisotopic (exact) mass is 1000 g/mol. The number of amides is 2. The van der Waals surface area contributed by atoms with Gasteiger partial charge in [-0.3, -0.25) is 19.2 Å². The van der Waals surface area contributed by atoms with Crippen LogP contribution in [0.2, 0.25) is 0 Å². The number of nitrogens with one attached hydrogen (secondary N) is 4. The van der Waals surface area contributed by atoms with Crippen LogP contribution in [0.3, 0.4) is 0 Å². The summed E-state index contributed by atoms with van der Waals surface area (Å²) in [6, 6.07) is 12.3. The number of nitrogen functional groups attached to an aromatic ring is 2. The fraction of sp³-hybridized carbons (Fsp3) is 0.250. The average molecular weight is 1000 g/mol. The molecule has 0 bridgehead atoms. The summed E-state index contributed by atoms with van der Waals surface area (Å²) in [7, 11) is 0. The Morgan fingerprint density at radius 2 is 1.00 bits per heavy atom. The zero-order valence-corrected chi connectivity index (χ0v) is 37.1. The van der Waals surface area contributed by atoms with E-state index < -0.39 is 72.8 Å². The van der Waals surface area contributed by atoms with Crippen LogP contribution >= 0.6 is 0 Å². The van der Waals surface area contributed by atoms with E-state index in [1.807, 2.05) is 0 Å². The molecule has 2 aromatic carbocycles. The second-order valence-corrected chi connectivity index (χ2v) is 15.6. The molecule has 4 atom stereocenters. The molecule has 10 N–H and O–H groups in total. The van der Waals surface area contributed by atoms with E-state index in [2.05, 4.69) is 41.2 Å². The van der Waals surface area contributed by atoms with E-state index in [0.717, 1.165) is 24.3 Å². The maximum atomic E-state index is 13.9. The maximum absolute atomic E-state index is 13.9. The highest BCUT2D eigenvalue weighted by atomic mass is 19.1. The zero-order chi connectivity index (χ0) is 50.2. The number of nitrogens with zero attached hydrogens (tertiary/aromatic N) is 6. The molecule has 0 saturated heterocycles. The van der Waals surface area contributed by atoms with Crippen molar-refractivity contribution in [3.8, 4) is 22.5 Å². The molecule has 6 aromatic rings. The van der Waals surface area contributed by atoms with E-state index in [9.17, 15) is 47.0 Å². The fourth-order valence-electron chi connectivity index (χ4n) is 7.01. The molecule has 0 radical (unpaired) electrons. The number of nitrogens with two attached hydrogens (primary N) is 2. The lowest BCUT2D eigenvalue weighted by atomic mass is 10.1. The van der Waals surface area contributed by atoms with E-state index in [4.69, 9.17) is 20.9 Å². The number of ether oxygens (including phenoxy) is 2. The Bertz CT molecular complexity index is 2870. The van der Waals surface area contributed by atoms with Crippen LogP contribution in [0.1, 0.15) is 84.6 Å². The van der Waals surface area contributed by atoms with E-state index in [1.165, 1.54) is 84.3 Å². The van der Waals surface area contributed by atoms with Gasteiger partial charge in [-0.05, 0) is 50.2 Å². The van der Waals surface area contributed by atoms with Crippen LogP contribution in [0.25, 0.3) is 22.5 Å². The van der Waals surface area contributed by atoms with Crippen LogP contribution in [-0.4, -0.2) is 63.3 Å². The Labute approximate surface area is 409 Å². The van der Waals surface area contributed by atoms with Crippen LogP contribution in [0.15, 0.2) is 108 Å². The van der Waals surface area contributed by atoms with Crippen molar-refractivity contribution in [2.24, 2.45) is 0 Å². The van der Waals surface area contributed by atoms with Gasteiger partial charge in [0.15, 0.2) is 23.0 Å². The highest BCUT2D eigenvalue weighted by Gasteiger charge is 2.28. The van der Waals surface area contributed by atoms with Gasteiger partial charge in [0.05, 0.1) is 25.3 Å². The van der Waals surface area contributed by atoms with E-state index in [-0.39, 0.29) is 96.0 Å². The third-order valence-corrected chi connectivity index (χ3v) is 10.3. The molecular weight excluding hydrogens is 949 g/mol. The van der Waals surface area contributed by atoms with Gasteiger partial charge >= 0.3 is 0 Å². The number of carbonyl (C=O) groups is 2. The smallest absolute Gasteiger partial charge is 0.274 e. The lowest BCUT2D eigenvalue weighted by molar-refractivity contribution is 0.0937. The Hall–Kier alpha value is -8.64. The minimum Gasteiger partial charge on any atom is -0.471 e. The van der Waals surface area contributed by atoms with Gasteiger partial charge in [0.2, 0.25) is 12.5 Å². The topological polar surface area (TPSA) is 289 Å². The van der Waals surface area contributed by atoms with Gasteiger partial charge in [0.1, 0.15) is 58.6 Å². The summed E-state index contributed by atoms with van der Waals surface area (Å²) in [5.74, 6) is -5.30. The number of hydrogen-bond donors (Lipinski definition) is 8. The van der Waals surface area contributed by atoms with Gasteiger partial charge in [0.25, 0.3) is 22.9 Å². The van der Waals surface area contributed by atoms with Crippen LogP contribution in [0.5, 0.6) is 0 Å². The highest BCUT2D eigenvalue weighted by Crippen LogP contribution is 2.31. The normalized spacial score (nSPS) is 14.9. The molecule has 2 aliphatic rings. The number of anilines is 2. The quantitative estimate of drug-likeness (QED) is 0.0702. The van der Waals surface area contributed by atoms with Crippen molar-refractivity contribution in [1.82, 2.24) is 50.3 Å². The Kier molecular flexibility index (Phi) is 17.9. The number of aromatic nitrogens is 6. The first-order valence-electron chi connectivity index (χ1n) is 21.2. The van der Waals surface area contributed by atoms with Crippen LogP contribution < -0.4 is 43.9 Å². The summed E-state index contributed by atoms with van der Waals surface area (Å²) in [5, 5.41) is 30.1. The molecule has 24 heteroatoms. The van der Waals surface area contributed by atoms with Crippen molar-refractivity contribution in [3.05, 3.63) is 176 Å². The molecule has 0 aliphatic carbocycles. The molecule has 380 valence electrons. The second kappa shape index (κ2) is 23.8.